The Labute approximate surface area is 129 Å². The number of aromatic nitrogens is 1. The lowest BCUT2D eigenvalue weighted by molar-refractivity contribution is 0.102. The number of hydrogen-bond acceptors (Lipinski definition) is 3. The highest BCUT2D eigenvalue weighted by atomic mass is 79.9. The summed E-state index contributed by atoms with van der Waals surface area (Å²) in [4.78, 5) is 16.4. The van der Waals surface area contributed by atoms with Gasteiger partial charge in [0.05, 0.1) is 11.3 Å². The Balaban J connectivity index is 1.99. The van der Waals surface area contributed by atoms with E-state index in [1.54, 1.807) is 30.6 Å². The van der Waals surface area contributed by atoms with Crippen LogP contribution in [-0.4, -0.2) is 16.0 Å². The highest BCUT2D eigenvalue weighted by molar-refractivity contribution is 9.10. The van der Waals surface area contributed by atoms with Gasteiger partial charge in [0.1, 0.15) is 5.75 Å². The number of nitrogens with zero attached hydrogens (tertiary/aromatic N) is 1. The number of benzene rings is 2. The topological polar surface area (TPSA) is 62.2 Å². The Morgan fingerprint density at radius 1 is 1.19 bits per heavy atom. The van der Waals surface area contributed by atoms with Crippen LogP contribution in [0.15, 0.2) is 59.3 Å². The molecule has 0 atom stereocenters. The molecule has 104 valence electrons. The molecular formula is C16H11BrN2O2. The minimum absolute atomic E-state index is 0.0611. The summed E-state index contributed by atoms with van der Waals surface area (Å²) >= 11 is 3.29. The molecule has 5 heteroatoms. The normalized spacial score (nSPS) is 10.5. The monoisotopic (exact) mass is 342 g/mol. The molecule has 2 aromatic carbocycles. The number of phenols is 1. The summed E-state index contributed by atoms with van der Waals surface area (Å²) in [5, 5.41) is 14.4. The molecule has 0 aliphatic carbocycles. The first-order chi connectivity index (χ1) is 10.1. The van der Waals surface area contributed by atoms with Crippen molar-refractivity contribution in [2.45, 2.75) is 0 Å². The fourth-order valence-corrected chi connectivity index (χ4v) is 2.46. The van der Waals surface area contributed by atoms with Crippen LogP contribution in [0.2, 0.25) is 0 Å². The maximum atomic E-state index is 12.3. The van der Waals surface area contributed by atoms with Gasteiger partial charge in [-0.1, -0.05) is 28.1 Å². The van der Waals surface area contributed by atoms with E-state index < -0.39 is 0 Å². The van der Waals surface area contributed by atoms with Crippen molar-refractivity contribution in [3.05, 3.63) is 64.9 Å². The minimum Gasteiger partial charge on any atom is -0.507 e. The van der Waals surface area contributed by atoms with Gasteiger partial charge in [0.15, 0.2) is 0 Å². The molecule has 0 radical (unpaired) electrons. The first-order valence-corrected chi connectivity index (χ1v) is 7.07. The fourth-order valence-electron chi connectivity index (χ4n) is 2.10. The van der Waals surface area contributed by atoms with Gasteiger partial charge in [-0.05, 0) is 35.7 Å². The molecule has 1 heterocycles. The molecule has 1 amide bonds. The second kappa shape index (κ2) is 5.54. The maximum Gasteiger partial charge on any atom is 0.259 e. The van der Waals surface area contributed by atoms with Gasteiger partial charge in [-0.15, -0.1) is 0 Å². The van der Waals surface area contributed by atoms with E-state index in [1.165, 1.54) is 6.07 Å². The highest BCUT2D eigenvalue weighted by Crippen LogP contribution is 2.26. The number of nitrogens with one attached hydrogen (secondary N) is 1. The van der Waals surface area contributed by atoms with E-state index in [9.17, 15) is 9.90 Å². The van der Waals surface area contributed by atoms with Gasteiger partial charge >= 0.3 is 0 Å². The van der Waals surface area contributed by atoms with Crippen LogP contribution >= 0.6 is 15.9 Å². The van der Waals surface area contributed by atoms with Gasteiger partial charge in [-0.25, -0.2) is 0 Å². The molecule has 0 spiro atoms. The van der Waals surface area contributed by atoms with Crippen molar-refractivity contribution in [1.82, 2.24) is 4.98 Å². The van der Waals surface area contributed by atoms with Crippen LogP contribution in [0.25, 0.3) is 10.8 Å². The van der Waals surface area contributed by atoms with Crippen molar-refractivity contribution in [2.75, 3.05) is 5.32 Å². The lowest BCUT2D eigenvalue weighted by Crippen LogP contribution is -2.12. The van der Waals surface area contributed by atoms with Gasteiger partial charge in [0, 0.05) is 22.3 Å². The number of rotatable bonds is 2. The fraction of sp³-hybridized carbons (Fsp3) is 0. The summed E-state index contributed by atoms with van der Waals surface area (Å²) in [6, 6.07) is 12.2. The summed E-state index contributed by atoms with van der Waals surface area (Å²) in [6.45, 7) is 0. The summed E-state index contributed by atoms with van der Waals surface area (Å²) in [5.74, 6) is -0.431. The van der Waals surface area contributed by atoms with Crippen LogP contribution in [0.3, 0.4) is 0 Å². The third kappa shape index (κ3) is 2.73. The van der Waals surface area contributed by atoms with E-state index in [-0.39, 0.29) is 17.2 Å². The zero-order chi connectivity index (χ0) is 14.8. The molecule has 0 saturated carbocycles. The lowest BCUT2D eigenvalue weighted by atomic mass is 10.1. The molecule has 3 rings (SSSR count). The molecule has 0 unspecified atom stereocenters. The average Bonchev–Trinajstić information content (AvgIpc) is 2.50. The summed E-state index contributed by atoms with van der Waals surface area (Å²) in [5.41, 5.74) is 0.871. The Morgan fingerprint density at radius 3 is 2.90 bits per heavy atom. The second-order valence-electron chi connectivity index (χ2n) is 4.52. The molecule has 3 aromatic rings. The lowest BCUT2D eigenvalue weighted by Gasteiger charge is -2.09. The van der Waals surface area contributed by atoms with Crippen molar-refractivity contribution in [2.24, 2.45) is 0 Å². The van der Waals surface area contributed by atoms with Crippen LogP contribution < -0.4 is 5.32 Å². The summed E-state index contributed by atoms with van der Waals surface area (Å²) < 4.78 is 0.727. The predicted octanol–water partition coefficient (Wildman–Crippen LogP) is 3.96. The van der Waals surface area contributed by atoms with Crippen LogP contribution in [0.4, 0.5) is 5.69 Å². The number of amides is 1. The number of phenolic OH excluding ortho intramolecular Hbond substituents is 1. The molecule has 0 saturated heterocycles. The number of anilines is 1. The molecule has 1 aromatic heterocycles. The van der Waals surface area contributed by atoms with Crippen molar-refractivity contribution < 1.29 is 9.90 Å². The molecule has 0 bridgehead atoms. The first kappa shape index (κ1) is 13.6. The Kier molecular flexibility index (Phi) is 3.58. The molecule has 2 N–H and O–H groups in total. The molecule has 0 aliphatic heterocycles. The van der Waals surface area contributed by atoms with E-state index in [1.807, 2.05) is 18.2 Å². The van der Waals surface area contributed by atoms with Crippen LogP contribution in [0.1, 0.15) is 10.4 Å². The number of aromatic hydroxyl groups is 1. The van der Waals surface area contributed by atoms with Gasteiger partial charge in [-0.2, -0.15) is 0 Å². The zero-order valence-electron chi connectivity index (χ0n) is 10.9. The zero-order valence-corrected chi connectivity index (χ0v) is 12.5. The number of carbonyl (C=O) groups excluding carboxylic acids is 1. The largest absolute Gasteiger partial charge is 0.507 e. The molecule has 0 fully saturated rings. The van der Waals surface area contributed by atoms with Gasteiger partial charge in [0.2, 0.25) is 0 Å². The number of halogens is 1. The summed E-state index contributed by atoms with van der Waals surface area (Å²) in [7, 11) is 0. The maximum absolute atomic E-state index is 12.3. The number of hydrogen-bond donors (Lipinski definition) is 2. The van der Waals surface area contributed by atoms with E-state index in [2.05, 4.69) is 26.2 Å². The smallest absolute Gasteiger partial charge is 0.259 e. The third-order valence-electron chi connectivity index (χ3n) is 3.14. The SMILES string of the molecule is O=C(Nc1cccc2ccncc12)c1cc(Br)ccc1O. The second-order valence-corrected chi connectivity index (χ2v) is 5.43. The minimum atomic E-state index is -0.370. The predicted molar refractivity (Wildman–Crippen MR) is 85.5 cm³/mol. The van der Waals surface area contributed by atoms with Crippen molar-refractivity contribution in [3.63, 3.8) is 0 Å². The van der Waals surface area contributed by atoms with Gasteiger partial charge in [0.25, 0.3) is 5.91 Å². The van der Waals surface area contributed by atoms with E-state index in [0.29, 0.717) is 5.69 Å². The highest BCUT2D eigenvalue weighted by Gasteiger charge is 2.13. The van der Waals surface area contributed by atoms with Crippen molar-refractivity contribution in [1.29, 1.82) is 0 Å². The van der Waals surface area contributed by atoms with Gasteiger partial charge < -0.3 is 10.4 Å². The Bertz CT molecular complexity index is 828. The third-order valence-corrected chi connectivity index (χ3v) is 3.63. The Morgan fingerprint density at radius 2 is 2.05 bits per heavy atom. The molecule has 21 heavy (non-hydrogen) atoms. The van der Waals surface area contributed by atoms with Crippen LogP contribution in [0, 0.1) is 0 Å². The first-order valence-electron chi connectivity index (χ1n) is 6.28. The number of carbonyl (C=O) groups is 1. The molecular weight excluding hydrogens is 332 g/mol. The van der Waals surface area contributed by atoms with Crippen molar-refractivity contribution >= 4 is 38.3 Å². The van der Waals surface area contributed by atoms with Crippen molar-refractivity contribution in [3.8, 4) is 5.75 Å². The Hall–Kier alpha value is -2.40. The van der Waals surface area contributed by atoms with Crippen LogP contribution in [0.5, 0.6) is 5.75 Å². The van der Waals surface area contributed by atoms with Gasteiger partial charge in [-0.3, -0.25) is 9.78 Å². The number of pyridine rings is 1. The molecule has 4 nitrogen and oxygen atoms in total. The van der Waals surface area contributed by atoms with E-state index >= 15 is 0 Å². The standard InChI is InChI=1S/C16H11BrN2O2/c17-11-4-5-15(20)12(8-11)16(21)19-14-3-1-2-10-6-7-18-9-13(10)14/h1-9,20H,(H,19,21). The molecule has 0 aliphatic rings. The summed E-state index contributed by atoms with van der Waals surface area (Å²) in [6.07, 6.45) is 3.40. The van der Waals surface area contributed by atoms with Crippen LogP contribution in [-0.2, 0) is 0 Å². The average molecular weight is 343 g/mol. The quantitative estimate of drug-likeness (QED) is 0.741. The van der Waals surface area contributed by atoms with E-state index in [4.69, 9.17) is 0 Å². The number of fused-ring (bicyclic) bond motifs is 1. The van der Waals surface area contributed by atoms with E-state index in [0.717, 1.165) is 15.2 Å².